The minimum Gasteiger partial charge on any atom is -0.357 e. The van der Waals surface area contributed by atoms with Crippen molar-refractivity contribution >= 4 is 41.3 Å². The van der Waals surface area contributed by atoms with Crippen LogP contribution in [0.5, 0.6) is 0 Å². The van der Waals surface area contributed by atoms with Crippen LogP contribution in [-0.2, 0) is 25.8 Å². The number of hydrogen-bond acceptors (Lipinski definition) is 3. The number of guanidine groups is 1. The van der Waals surface area contributed by atoms with Crippen LogP contribution in [0.4, 0.5) is 0 Å². The fourth-order valence-corrected chi connectivity index (χ4v) is 4.30. The van der Waals surface area contributed by atoms with Crippen molar-refractivity contribution in [1.82, 2.24) is 20.2 Å². The zero-order chi connectivity index (χ0) is 17.3. The quantitative estimate of drug-likeness (QED) is 0.259. The third-order valence-corrected chi connectivity index (χ3v) is 5.60. The van der Waals surface area contributed by atoms with E-state index in [1.165, 1.54) is 41.3 Å². The minimum atomic E-state index is 0. The number of aryl methyl sites for hydroxylation is 3. The molecule has 2 heterocycles. The van der Waals surface area contributed by atoms with Gasteiger partial charge in [0, 0.05) is 49.9 Å². The maximum Gasteiger partial charge on any atom is 0.191 e. The first kappa shape index (κ1) is 21.2. The first-order valence-corrected chi connectivity index (χ1v) is 10.3. The van der Waals surface area contributed by atoms with Crippen LogP contribution in [0.15, 0.2) is 29.5 Å². The molecule has 0 amide bonds. The topological polar surface area (TPSA) is 54.2 Å². The molecule has 2 N–H and O–H groups in total. The summed E-state index contributed by atoms with van der Waals surface area (Å²) >= 11 is 1.92. The van der Waals surface area contributed by atoms with Crippen molar-refractivity contribution in [1.29, 1.82) is 0 Å². The molecule has 0 atom stereocenters. The molecule has 7 heteroatoms. The number of thiazole rings is 1. The van der Waals surface area contributed by atoms with Gasteiger partial charge >= 0.3 is 0 Å². The third-order valence-electron chi connectivity index (χ3n) is 4.38. The lowest BCUT2D eigenvalue weighted by Gasteiger charge is -2.11. The number of nitrogens with zero attached hydrogens (tertiary/aromatic N) is 3. The summed E-state index contributed by atoms with van der Waals surface area (Å²) in [5.74, 6) is 0.910. The van der Waals surface area contributed by atoms with Crippen molar-refractivity contribution in [3.63, 3.8) is 0 Å². The molecule has 0 saturated heterocycles. The summed E-state index contributed by atoms with van der Waals surface area (Å²) in [5, 5.41) is 8.02. The predicted molar refractivity (Wildman–Crippen MR) is 121 cm³/mol. The molecule has 0 fully saturated rings. The van der Waals surface area contributed by atoms with Crippen molar-refractivity contribution in [2.45, 2.75) is 52.0 Å². The maximum atomic E-state index is 4.82. The van der Waals surface area contributed by atoms with Crippen LogP contribution >= 0.6 is 35.3 Å². The molecule has 2 aromatic rings. The van der Waals surface area contributed by atoms with Crippen LogP contribution in [-0.4, -0.2) is 35.1 Å². The van der Waals surface area contributed by atoms with E-state index in [1.807, 2.05) is 11.3 Å². The molecular weight excluding hydrogens is 457 g/mol. The normalized spacial score (nSPS) is 13.8. The van der Waals surface area contributed by atoms with Crippen molar-refractivity contribution in [2.75, 3.05) is 19.6 Å². The van der Waals surface area contributed by atoms with Gasteiger partial charge in [-0.15, -0.1) is 35.3 Å². The monoisotopic (exact) mass is 487 g/mol. The van der Waals surface area contributed by atoms with E-state index in [4.69, 9.17) is 9.98 Å². The Morgan fingerprint density at radius 3 is 2.81 bits per heavy atom. The Morgan fingerprint density at radius 2 is 2.04 bits per heavy atom. The van der Waals surface area contributed by atoms with Crippen LogP contribution < -0.4 is 10.6 Å². The van der Waals surface area contributed by atoms with Gasteiger partial charge in [-0.25, -0.2) is 4.98 Å². The fourth-order valence-electron chi connectivity index (χ4n) is 3.10. The Bertz CT molecular complexity index is 642. The zero-order valence-electron chi connectivity index (χ0n) is 15.5. The summed E-state index contributed by atoms with van der Waals surface area (Å²) in [6.07, 6.45) is 11.3. The molecule has 0 unspecified atom stereocenters. The van der Waals surface area contributed by atoms with Crippen LogP contribution in [0, 0.1) is 0 Å². The lowest BCUT2D eigenvalue weighted by molar-refractivity contribution is 0.664. The Balaban J connectivity index is 0.00000243. The molecule has 1 aliphatic rings. The van der Waals surface area contributed by atoms with E-state index in [1.54, 1.807) is 0 Å². The zero-order valence-corrected chi connectivity index (χ0v) is 18.7. The van der Waals surface area contributed by atoms with Crippen LogP contribution in [0.1, 0.15) is 41.8 Å². The Hall–Kier alpha value is -1.09. The van der Waals surface area contributed by atoms with Crippen molar-refractivity contribution < 1.29 is 0 Å². The lowest BCUT2D eigenvalue weighted by atomic mass is 10.0. The molecular formula is C19H30IN5S. The molecule has 3 rings (SSSR count). The van der Waals surface area contributed by atoms with E-state index < -0.39 is 0 Å². The number of aromatic nitrogens is 2. The van der Waals surface area contributed by atoms with E-state index in [0.717, 1.165) is 45.0 Å². The van der Waals surface area contributed by atoms with Gasteiger partial charge in [-0.05, 0) is 51.2 Å². The summed E-state index contributed by atoms with van der Waals surface area (Å²) in [5.41, 5.74) is 1.37. The van der Waals surface area contributed by atoms with Gasteiger partial charge < -0.3 is 15.2 Å². The van der Waals surface area contributed by atoms with Crippen LogP contribution in [0.2, 0.25) is 0 Å². The van der Waals surface area contributed by atoms with E-state index >= 15 is 0 Å². The highest BCUT2D eigenvalue weighted by atomic mass is 127. The number of halogens is 1. The van der Waals surface area contributed by atoms with E-state index in [0.29, 0.717) is 0 Å². The van der Waals surface area contributed by atoms with Crippen LogP contribution in [0.3, 0.4) is 0 Å². The first-order valence-electron chi connectivity index (χ1n) is 9.45. The largest absolute Gasteiger partial charge is 0.357 e. The van der Waals surface area contributed by atoms with Gasteiger partial charge in [0.15, 0.2) is 5.96 Å². The summed E-state index contributed by atoms with van der Waals surface area (Å²) in [4.78, 5) is 11.0. The van der Waals surface area contributed by atoms with Crippen molar-refractivity contribution in [3.05, 3.63) is 40.1 Å². The van der Waals surface area contributed by atoms with Gasteiger partial charge in [0.1, 0.15) is 0 Å². The Kier molecular flexibility index (Phi) is 9.45. The average Bonchev–Trinajstić information content (AvgIpc) is 3.27. The molecule has 0 radical (unpaired) electrons. The van der Waals surface area contributed by atoms with E-state index in [2.05, 4.69) is 46.7 Å². The Labute approximate surface area is 177 Å². The van der Waals surface area contributed by atoms with Gasteiger partial charge in [0.05, 0.1) is 10.7 Å². The van der Waals surface area contributed by atoms with Gasteiger partial charge in [0.2, 0.25) is 0 Å². The highest BCUT2D eigenvalue weighted by Crippen LogP contribution is 2.27. The fraction of sp³-hybridized carbons (Fsp3) is 0.579. The van der Waals surface area contributed by atoms with Gasteiger partial charge in [-0.3, -0.25) is 4.99 Å². The number of rotatable bonds is 8. The predicted octanol–water partition coefficient (Wildman–Crippen LogP) is 3.63. The van der Waals surface area contributed by atoms with Crippen molar-refractivity contribution in [3.8, 4) is 0 Å². The summed E-state index contributed by atoms with van der Waals surface area (Å²) in [7, 11) is 0. The number of nitrogens with one attached hydrogen (secondary N) is 2. The average molecular weight is 487 g/mol. The first-order chi connectivity index (χ1) is 12.3. The number of fused-ring (bicyclic) bond motifs is 1. The number of aliphatic imine (C=N–C) groups is 1. The molecule has 0 aliphatic heterocycles. The summed E-state index contributed by atoms with van der Waals surface area (Å²) < 4.78 is 2.17. The minimum absolute atomic E-state index is 0. The molecule has 144 valence electrons. The Morgan fingerprint density at radius 1 is 1.23 bits per heavy atom. The molecule has 1 aliphatic carbocycles. The maximum absolute atomic E-state index is 4.82. The van der Waals surface area contributed by atoms with Gasteiger partial charge in [-0.2, -0.15) is 0 Å². The van der Waals surface area contributed by atoms with Crippen molar-refractivity contribution in [2.24, 2.45) is 4.99 Å². The third kappa shape index (κ3) is 6.57. The molecule has 0 saturated carbocycles. The lowest BCUT2D eigenvalue weighted by Crippen LogP contribution is -2.38. The van der Waals surface area contributed by atoms with E-state index in [-0.39, 0.29) is 24.0 Å². The van der Waals surface area contributed by atoms with Crippen LogP contribution in [0.25, 0.3) is 0 Å². The number of hydrogen-bond donors (Lipinski definition) is 2. The SMILES string of the molecule is CCNC(=NCCCc1nc2c(s1)CCCC2)NCCn1cccc1.I. The molecule has 0 bridgehead atoms. The summed E-state index contributed by atoms with van der Waals surface area (Å²) in [6, 6.07) is 4.10. The molecule has 26 heavy (non-hydrogen) atoms. The van der Waals surface area contributed by atoms with Gasteiger partial charge in [0.25, 0.3) is 0 Å². The second kappa shape index (κ2) is 11.6. The van der Waals surface area contributed by atoms with Gasteiger partial charge in [-0.1, -0.05) is 0 Å². The second-order valence-electron chi connectivity index (χ2n) is 6.40. The smallest absolute Gasteiger partial charge is 0.191 e. The second-order valence-corrected chi connectivity index (χ2v) is 7.56. The summed E-state index contributed by atoms with van der Waals surface area (Å²) in [6.45, 7) is 5.64. The molecule has 2 aromatic heterocycles. The molecule has 0 spiro atoms. The highest BCUT2D eigenvalue weighted by Gasteiger charge is 2.14. The van der Waals surface area contributed by atoms with E-state index in [9.17, 15) is 0 Å². The highest BCUT2D eigenvalue weighted by molar-refractivity contribution is 14.0. The molecule has 5 nitrogen and oxygen atoms in total. The molecule has 0 aromatic carbocycles. The standard InChI is InChI=1S/C19H29N5S.HI/c1-2-20-19(22-12-15-24-13-5-6-14-24)21-11-7-10-18-23-16-8-3-4-9-17(16)25-18;/h5-6,13-14H,2-4,7-12,15H2,1H3,(H2,20,21,22);1H.